The van der Waals surface area contributed by atoms with Crippen LogP contribution in [-0.4, -0.2) is 26.2 Å². The van der Waals surface area contributed by atoms with Crippen molar-refractivity contribution in [3.05, 3.63) is 84.4 Å². The molecule has 0 heterocycles. The van der Waals surface area contributed by atoms with Gasteiger partial charge in [-0.3, -0.25) is 4.79 Å². The molecule has 0 aliphatic heterocycles. The first-order valence-corrected chi connectivity index (χ1v) is 13.2. The quantitative estimate of drug-likeness (QED) is 0.336. The molecule has 0 aliphatic carbocycles. The fourth-order valence-corrected chi connectivity index (χ4v) is 4.94. The zero-order valence-electron chi connectivity index (χ0n) is 20.1. The van der Waals surface area contributed by atoms with Gasteiger partial charge >= 0.3 is 0 Å². The van der Waals surface area contributed by atoms with Crippen LogP contribution in [0.5, 0.6) is 0 Å². The molecule has 0 saturated carbocycles. The Morgan fingerprint density at radius 2 is 1.50 bits per heavy atom. The molecule has 8 heteroatoms. The molecule has 0 radical (unpaired) electrons. The number of nitriles is 1. The number of sulfonamides is 1. The number of anilines is 1. The summed E-state index contributed by atoms with van der Waals surface area (Å²) in [5.41, 5.74) is 2.94. The number of unbranched alkanes of at least 4 members (excludes halogenated alkanes) is 2. The molecule has 36 heavy (non-hydrogen) atoms. The standard InChI is InChI=1S/C28H29N3O4S/c1-21(32)8-4-2-7-11-27(31-36(34,35)26-18-12-22(20-29)13-19-26)28(33)30-25-16-14-24(15-17-25)23-9-5-3-6-10-23/h3,5-6,9-10,12-19,27,31H,2,4,7-8,11H2,1H3,(H,30,33)/t27-/m0/s1. The summed E-state index contributed by atoms with van der Waals surface area (Å²) in [4.78, 5) is 24.3. The highest BCUT2D eigenvalue weighted by Crippen LogP contribution is 2.21. The molecule has 0 spiro atoms. The first-order chi connectivity index (χ1) is 17.3. The van der Waals surface area contributed by atoms with Gasteiger partial charge in [-0.25, -0.2) is 8.42 Å². The molecule has 1 atom stereocenters. The number of ketones is 1. The Balaban J connectivity index is 1.72. The molecule has 0 fully saturated rings. The molecule has 0 bridgehead atoms. The van der Waals surface area contributed by atoms with E-state index in [1.54, 1.807) is 12.1 Å². The van der Waals surface area contributed by atoms with E-state index in [1.807, 2.05) is 48.5 Å². The van der Waals surface area contributed by atoms with E-state index in [9.17, 15) is 18.0 Å². The van der Waals surface area contributed by atoms with Crippen LogP contribution in [-0.2, 0) is 19.6 Å². The van der Waals surface area contributed by atoms with Crippen LogP contribution in [0.4, 0.5) is 5.69 Å². The highest BCUT2D eigenvalue weighted by Gasteiger charge is 2.25. The Morgan fingerprint density at radius 3 is 2.11 bits per heavy atom. The Hall–Kier alpha value is -3.80. The van der Waals surface area contributed by atoms with E-state index >= 15 is 0 Å². The number of carbonyl (C=O) groups excluding carboxylic acids is 2. The van der Waals surface area contributed by atoms with Crippen LogP contribution in [0.3, 0.4) is 0 Å². The zero-order chi connectivity index (χ0) is 26.0. The van der Waals surface area contributed by atoms with Gasteiger partial charge in [0.05, 0.1) is 16.5 Å². The normalized spacial score (nSPS) is 11.9. The number of carbonyl (C=O) groups is 2. The number of rotatable bonds is 12. The van der Waals surface area contributed by atoms with E-state index in [0.29, 0.717) is 36.9 Å². The third kappa shape index (κ3) is 7.87. The lowest BCUT2D eigenvalue weighted by Gasteiger charge is -2.19. The number of nitrogens with one attached hydrogen (secondary N) is 2. The van der Waals surface area contributed by atoms with Crippen LogP contribution < -0.4 is 10.0 Å². The minimum atomic E-state index is -4.00. The van der Waals surface area contributed by atoms with E-state index in [1.165, 1.54) is 31.2 Å². The van der Waals surface area contributed by atoms with Gasteiger partial charge in [-0.2, -0.15) is 9.98 Å². The first kappa shape index (κ1) is 26.8. The Morgan fingerprint density at radius 1 is 0.861 bits per heavy atom. The lowest BCUT2D eigenvalue weighted by Crippen LogP contribution is -2.43. The molecule has 0 aromatic heterocycles. The predicted molar refractivity (Wildman–Crippen MR) is 140 cm³/mol. The van der Waals surface area contributed by atoms with Gasteiger partial charge in [-0.1, -0.05) is 55.3 Å². The van der Waals surface area contributed by atoms with E-state index in [0.717, 1.165) is 11.1 Å². The smallest absolute Gasteiger partial charge is 0.242 e. The monoisotopic (exact) mass is 503 g/mol. The zero-order valence-corrected chi connectivity index (χ0v) is 20.9. The molecule has 2 N–H and O–H groups in total. The SMILES string of the molecule is CC(=O)CCCCC[C@H](NS(=O)(=O)c1ccc(C#N)cc1)C(=O)Nc1ccc(-c2ccccc2)cc1. The van der Waals surface area contributed by atoms with Gasteiger partial charge in [0.2, 0.25) is 15.9 Å². The summed E-state index contributed by atoms with van der Waals surface area (Å²) >= 11 is 0. The second kappa shape index (κ2) is 12.8. The van der Waals surface area contributed by atoms with Crippen LogP contribution >= 0.6 is 0 Å². The van der Waals surface area contributed by atoms with Gasteiger partial charge < -0.3 is 10.1 Å². The second-order valence-electron chi connectivity index (χ2n) is 8.54. The van der Waals surface area contributed by atoms with Crippen molar-refractivity contribution in [1.29, 1.82) is 5.26 Å². The lowest BCUT2D eigenvalue weighted by atomic mass is 10.0. The van der Waals surface area contributed by atoms with Crippen LogP contribution in [0.2, 0.25) is 0 Å². The maximum absolute atomic E-state index is 13.1. The van der Waals surface area contributed by atoms with Crippen molar-refractivity contribution in [2.24, 2.45) is 0 Å². The average molecular weight is 504 g/mol. The average Bonchev–Trinajstić information content (AvgIpc) is 2.88. The molecule has 3 aromatic rings. The Kier molecular flexibility index (Phi) is 9.51. The van der Waals surface area contributed by atoms with E-state index in [-0.39, 0.29) is 17.1 Å². The molecule has 7 nitrogen and oxygen atoms in total. The van der Waals surface area contributed by atoms with E-state index in [4.69, 9.17) is 5.26 Å². The summed E-state index contributed by atoms with van der Waals surface area (Å²) < 4.78 is 28.4. The van der Waals surface area contributed by atoms with Gasteiger partial charge in [-0.15, -0.1) is 0 Å². The maximum Gasteiger partial charge on any atom is 0.242 e. The van der Waals surface area contributed by atoms with E-state index < -0.39 is 22.0 Å². The van der Waals surface area contributed by atoms with Gasteiger partial charge in [-0.05, 0) is 67.3 Å². The van der Waals surface area contributed by atoms with Gasteiger partial charge in [0.15, 0.2) is 0 Å². The summed E-state index contributed by atoms with van der Waals surface area (Å²) in [6.45, 7) is 1.53. The summed E-state index contributed by atoms with van der Waals surface area (Å²) in [5, 5.41) is 11.8. The molecular formula is C28H29N3O4S. The maximum atomic E-state index is 13.1. The molecule has 186 valence electrons. The number of Topliss-reactive ketones (excluding diaryl/α,β-unsaturated/α-hetero) is 1. The van der Waals surface area contributed by atoms with Crippen molar-refractivity contribution in [1.82, 2.24) is 4.72 Å². The second-order valence-corrected chi connectivity index (χ2v) is 10.3. The third-order valence-corrected chi connectivity index (χ3v) is 7.18. The summed E-state index contributed by atoms with van der Waals surface area (Å²) in [5.74, 6) is -0.365. The number of hydrogen-bond donors (Lipinski definition) is 2. The lowest BCUT2D eigenvalue weighted by molar-refractivity contribution is -0.118. The summed E-state index contributed by atoms with van der Waals surface area (Å²) in [7, 11) is -4.00. The topological polar surface area (TPSA) is 116 Å². The number of amides is 1. The highest BCUT2D eigenvalue weighted by atomic mass is 32.2. The molecule has 3 aromatic carbocycles. The van der Waals surface area contributed by atoms with Crippen molar-refractivity contribution >= 4 is 27.4 Å². The Bertz CT molecular complexity index is 1310. The molecule has 3 rings (SSSR count). The van der Waals surface area contributed by atoms with Crippen molar-refractivity contribution in [3.63, 3.8) is 0 Å². The summed E-state index contributed by atoms with van der Waals surface area (Å²) in [6.07, 6.45) is 2.71. The Labute approximate surface area is 212 Å². The van der Waals surface area contributed by atoms with Crippen LogP contribution in [0.15, 0.2) is 83.8 Å². The fraction of sp³-hybridized carbons (Fsp3) is 0.250. The largest absolute Gasteiger partial charge is 0.325 e. The molecule has 0 unspecified atom stereocenters. The number of nitrogens with zero attached hydrogens (tertiary/aromatic N) is 1. The van der Waals surface area contributed by atoms with Crippen molar-refractivity contribution in [2.75, 3.05) is 5.32 Å². The van der Waals surface area contributed by atoms with Gasteiger partial charge in [0.25, 0.3) is 0 Å². The van der Waals surface area contributed by atoms with Crippen LogP contribution in [0, 0.1) is 11.3 Å². The summed E-state index contributed by atoms with van der Waals surface area (Å²) in [6, 6.07) is 23.6. The van der Waals surface area contributed by atoms with E-state index in [2.05, 4.69) is 10.0 Å². The molecule has 0 aliphatic rings. The first-order valence-electron chi connectivity index (χ1n) is 11.8. The predicted octanol–water partition coefficient (Wildman–Crippen LogP) is 5.05. The van der Waals surface area contributed by atoms with Gasteiger partial charge in [0.1, 0.15) is 11.8 Å². The number of benzene rings is 3. The highest BCUT2D eigenvalue weighted by molar-refractivity contribution is 7.89. The van der Waals surface area contributed by atoms with Crippen LogP contribution in [0.1, 0.15) is 44.6 Å². The minimum Gasteiger partial charge on any atom is -0.325 e. The van der Waals surface area contributed by atoms with Gasteiger partial charge in [0, 0.05) is 12.1 Å². The van der Waals surface area contributed by atoms with Crippen molar-refractivity contribution < 1.29 is 18.0 Å². The molecular weight excluding hydrogens is 474 g/mol. The third-order valence-electron chi connectivity index (χ3n) is 5.69. The van der Waals surface area contributed by atoms with Crippen LogP contribution in [0.25, 0.3) is 11.1 Å². The fourth-order valence-electron chi connectivity index (χ4n) is 3.71. The molecule has 1 amide bonds. The van der Waals surface area contributed by atoms with Crippen molar-refractivity contribution in [2.45, 2.75) is 50.0 Å². The molecule has 0 saturated heterocycles. The minimum absolute atomic E-state index is 0.0249. The van der Waals surface area contributed by atoms with Crippen molar-refractivity contribution in [3.8, 4) is 17.2 Å². The number of hydrogen-bond acceptors (Lipinski definition) is 5.